The summed E-state index contributed by atoms with van der Waals surface area (Å²) >= 11 is 12.3. The molecule has 3 aromatic rings. The van der Waals surface area contributed by atoms with Crippen molar-refractivity contribution in [2.24, 2.45) is 0 Å². The number of furan rings is 1. The SMILES string of the molecule is O=C1C[C@@H](c2ccco2)CC2=C1[C@H](c1ccc(Cl)c(Cl)c1)n1ncnc1N2. The van der Waals surface area contributed by atoms with E-state index in [1.807, 2.05) is 18.2 Å². The van der Waals surface area contributed by atoms with E-state index in [1.54, 1.807) is 23.1 Å². The minimum Gasteiger partial charge on any atom is -0.469 e. The van der Waals surface area contributed by atoms with Crippen LogP contribution in [0.4, 0.5) is 5.95 Å². The molecule has 8 heteroatoms. The molecule has 0 saturated heterocycles. The Balaban J connectivity index is 1.63. The first-order chi connectivity index (χ1) is 13.1. The van der Waals surface area contributed by atoms with Crippen molar-refractivity contribution < 1.29 is 9.21 Å². The monoisotopic (exact) mass is 400 g/mol. The number of Topliss-reactive ketones (excluding diaryl/α,β-unsaturated/α-hetero) is 1. The van der Waals surface area contributed by atoms with Crippen LogP contribution in [0.3, 0.4) is 0 Å². The average Bonchev–Trinajstić information content (AvgIpc) is 3.33. The molecule has 0 fully saturated rings. The topological polar surface area (TPSA) is 73.0 Å². The van der Waals surface area contributed by atoms with Crippen molar-refractivity contribution in [3.05, 3.63) is 75.6 Å². The number of benzene rings is 1. The molecule has 3 heterocycles. The van der Waals surface area contributed by atoms with E-state index in [0.717, 1.165) is 17.0 Å². The highest BCUT2D eigenvalue weighted by Crippen LogP contribution is 2.44. The minimum absolute atomic E-state index is 0.00248. The number of aromatic nitrogens is 3. The Hall–Kier alpha value is -2.57. The quantitative estimate of drug-likeness (QED) is 0.680. The van der Waals surface area contributed by atoms with E-state index in [0.29, 0.717) is 34.4 Å². The van der Waals surface area contributed by atoms with Crippen molar-refractivity contribution >= 4 is 34.9 Å². The third kappa shape index (κ3) is 2.67. The predicted molar refractivity (Wildman–Crippen MR) is 101 cm³/mol. The number of nitrogens with zero attached hydrogens (tertiary/aromatic N) is 3. The normalized spacial score (nSPS) is 21.6. The fourth-order valence-electron chi connectivity index (χ4n) is 3.87. The summed E-state index contributed by atoms with van der Waals surface area (Å²) < 4.78 is 7.24. The van der Waals surface area contributed by atoms with Crippen LogP contribution in [0, 0.1) is 0 Å². The lowest BCUT2D eigenvalue weighted by Gasteiger charge is -2.34. The van der Waals surface area contributed by atoms with Gasteiger partial charge in [-0.25, -0.2) is 4.68 Å². The van der Waals surface area contributed by atoms with Gasteiger partial charge in [-0.3, -0.25) is 4.79 Å². The summed E-state index contributed by atoms with van der Waals surface area (Å²) in [7, 11) is 0. The van der Waals surface area contributed by atoms with Crippen LogP contribution in [0.15, 0.2) is 58.6 Å². The summed E-state index contributed by atoms with van der Waals surface area (Å²) in [4.78, 5) is 17.4. The number of ketones is 1. The van der Waals surface area contributed by atoms with Gasteiger partial charge in [0.25, 0.3) is 0 Å². The maximum absolute atomic E-state index is 13.1. The predicted octanol–water partition coefficient (Wildman–Crippen LogP) is 4.59. The zero-order chi connectivity index (χ0) is 18.5. The molecule has 1 aliphatic heterocycles. The first kappa shape index (κ1) is 16.6. The molecule has 0 unspecified atom stereocenters. The highest BCUT2D eigenvalue weighted by molar-refractivity contribution is 6.42. The standard InChI is InChI=1S/C19H14Cl2N4O2/c20-12-4-3-10(6-13(12)21)18-17-14(24-19-22-9-23-25(18)19)7-11(8-15(17)26)16-2-1-5-27-16/h1-6,9,11,18H,7-8H2,(H,22,23,24)/t11-,18-/m0/s1. The fraction of sp³-hybridized carbons (Fsp3) is 0.211. The van der Waals surface area contributed by atoms with Crippen molar-refractivity contribution in [3.8, 4) is 0 Å². The minimum atomic E-state index is -0.390. The number of allylic oxidation sites excluding steroid dienone is 2. The first-order valence-corrected chi connectivity index (χ1v) is 9.28. The molecule has 0 bridgehead atoms. The van der Waals surface area contributed by atoms with Gasteiger partial charge in [0.05, 0.1) is 16.3 Å². The van der Waals surface area contributed by atoms with Gasteiger partial charge in [0.2, 0.25) is 5.95 Å². The van der Waals surface area contributed by atoms with Crippen LogP contribution in [-0.4, -0.2) is 20.5 Å². The number of halogens is 2. The van der Waals surface area contributed by atoms with Gasteiger partial charge < -0.3 is 9.73 Å². The first-order valence-electron chi connectivity index (χ1n) is 8.53. The van der Waals surface area contributed by atoms with Crippen LogP contribution >= 0.6 is 23.2 Å². The molecule has 1 N–H and O–H groups in total. The van der Waals surface area contributed by atoms with Gasteiger partial charge in [-0.15, -0.1) is 0 Å². The zero-order valence-corrected chi connectivity index (χ0v) is 15.5. The lowest BCUT2D eigenvalue weighted by molar-refractivity contribution is -0.117. The number of fused-ring (bicyclic) bond motifs is 1. The van der Waals surface area contributed by atoms with Gasteiger partial charge in [0.15, 0.2) is 5.78 Å². The van der Waals surface area contributed by atoms with Crippen LogP contribution in [0.25, 0.3) is 0 Å². The molecule has 1 aliphatic carbocycles. The van der Waals surface area contributed by atoms with E-state index in [4.69, 9.17) is 27.6 Å². The molecular weight excluding hydrogens is 387 g/mol. The summed E-state index contributed by atoms with van der Waals surface area (Å²) in [6.07, 6.45) is 4.15. The summed E-state index contributed by atoms with van der Waals surface area (Å²) in [5.74, 6) is 1.47. The maximum Gasteiger partial charge on any atom is 0.226 e. The van der Waals surface area contributed by atoms with Crippen LogP contribution in [0.1, 0.15) is 36.1 Å². The molecule has 0 saturated carbocycles. The van der Waals surface area contributed by atoms with Crippen LogP contribution in [0.5, 0.6) is 0 Å². The Labute approximate surface area is 164 Å². The highest BCUT2D eigenvalue weighted by atomic mass is 35.5. The number of anilines is 1. The van der Waals surface area contributed by atoms with E-state index in [-0.39, 0.29) is 11.7 Å². The van der Waals surface area contributed by atoms with Gasteiger partial charge in [-0.1, -0.05) is 29.3 Å². The van der Waals surface area contributed by atoms with Gasteiger partial charge in [-0.2, -0.15) is 10.1 Å². The third-order valence-corrected chi connectivity index (χ3v) is 5.81. The summed E-state index contributed by atoms with van der Waals surface area (Å²) in [5, 5.41) is 8.50. The molecule has 0 radical (unpaired) electrons. The Morgan fingerprint density at radius 2 is 2.07 bits per heavy atom. The molecule has 6 nitrogen and oxygen atoms in total. The zero-order valence-electron chi connectivity index (χ0n) is 14.0. The number of hydrogen-bond acceptors (Lipinski definition) is 5. The maximum atomic E-state index is 13.1. The van der Waals surface area contributed by atoms with Crippen LogP contribution < -0.4 is 5.32 Å². The van der Waals surface area contributed by atoms with Crippen molar-refractivity contribution in [1.29, 1.82) is 0 Å². The number of carbonyl (C=O) groups excluding carboxylic acids is 1. The second kappa shape index (κ2) is 6.25. The van der Waals surface area contributed by atoms with Gasteiger partial charge >= 0.3 is 0 Å². The molecule has 0 spiro atoms. The number of nitrogens with one attached hydrogen (secondary N) is 1. The van der Waals surface area contributed by atoms with Crippen molar-refractivity contribution in [3.63, 3.8) is 0 Å². The molecule has 5 rings (SSSR count). The van der Waals surface area contributed by atoms with Crippen molar-refractivity contribution in [1.82, 2.24) is 14.8 Å². The molecule has 27 heavy (non-hydrogen) atoms. The van der Waals surface area contributed by atoms with Gasteiger partial charge in [-0.05, 0) is 36.2 Å². The number of rotatable bonds is 2. The summed E-state index contributed by atoms with van der Waals surface area (Å²) in [5.41, 5.74) is 2.38. The number of hydrogen-bond donors (Lipinski definition) is 1. The van der Waals surface area contributed by atoms with Crippen molar-refractivity contribution in [2.45, 2.75) is 24.8 Å². The second-order valence-corrected chi connectivity index (χ2v) is 7.48. The molecule has 2 aromatic heterocycles. The van der Waals surface area contributed by atoms with E-state index in [2.05, 4.69) is 15.4 Å². The fourth-order valence-corrected chi connectivity index (χ4v) is 4.17. The molecule has 1 aromatic carbocycles. The van der Waals surface area contributed by atoms with E-state index in [1.165, 1.54) is 6.33 Å². The third-order valence-electron chi connectivity index (χ3n) is 5.07. The van der Waals surface area contributed by atoms with E-state index >= 15 is 0 Å². The molecule has 2 atom stereocenters. The lowest BCUT2D eigenvalue weighted by Crippen LogP contribution is -2.33. The van der Waals surface area contributed by atoms with Crippen molar-refractivity contribution in [2.75, 3.05) is 5.32 Å². The summed E-state index contributed by atoms with van der Waals surface area (Å²) in [6, 6.07) is 8.74. The lowest BCUT2D eigenvalue weighted by atomic mass is 9.79. The molecular formula is C19H14Cl2N4O2. The average molecular weight is 401 g/mol. The number of carbonyl (C=O) groups is 1. The Morgan fingerprint density at radius 1 is 1.19 bits per heavy atom. The largest absolute Gasteiger partial charge is 0.469 e. The second-order valence-electron chi connectivity index (χ2n) is 6.67. The van der Waals surface area contributed by atoms with E-state index in [9.17, 15) is 4.79 Å². The molecule has 2 aliphatic rings. The molecule has 136 valence electrons. The Morgan fingerprint density at radius 3 is 2.85 bits per heavy atom. The Kier molecular flexibility index (Phi) is 3.84. The summed E-state index contributed by atoms with van der Waals surface area (Å²) in [6.45, 7) is 0. The van der Waals surface area contributed by atoms with Crippen LogP contribution in [-0.2, 0) is 4.79 Å². The molecule has 0 amide bonds. The van der Waals surface area contributed by atoms with Gasteiger partial charge in [0.1, 0.15) is 18.1 Å². The Bertz CT molecular complexity index is 1070. The van der Waals surface area contributed by atoms with Gasteiger partial charge in [0, 0.05) is 23.6 Å². The smallest absolute Gasteiger partial charge is 0.226 e. The van der Waals surface area contributed by atoms with Crippen LogP contribution in [0.2, 0.25) is 10.0 Å². The van der Waals surface area contributed by atoms with E-state index < -0.39 is 6.04 Å². The highest BCUT2D eigenvalue weighted by Gasteiger charge is 2.39.